The Morgan fingerprint density at radius 2 is 1.62 bits per heavy atom. The Morgan fingerprint density at radius 1 is 0.942 bits per heavy atom. The van der Waals surface area contributed by atoms with Crippen LogP contribution in [0.4, 0.5) is 5.69 Å². The maximum absolute atomic E-state index is 14.2. The molecule has 0 radical (unpaired) electrons. The number of rotatable bonds is 16. The third kappa shape index (κ3) is 9.99. The fraction of sp³-hybridized carbons (Fsp3) is 0.447. The summed E-state index contributed by atoms with van der Waals surface area (Å²) in [6.45, 7) is 10.3. The summed E-state index contributed by atoms with van der Waals surface area (Å²) in [5.41, 5.74) is 17.1. The number of aromatic amines is 1. The number of hydrogen-bond acceptors (Lipinski definition) is 9. The van der Waals surface area contributed by atoms with E-state index in [4.69, 9.17) is 11.5 Å². The standard InChI is InChI=1S/C38H50N10O3.ClH/c1-4-47(5-2)22-6-21-41-37(50)33-20-19-32(25(3)42-33)28-11-7-26(8-12-28)23-34(35(40)49)48(38(51)30-13-9-27(24-39)10-14-30)31-17-15-29(16-18-31)36-43-45-46-44-36;/h7-8,11-12,15-20,27,30,34H,4-6,9-10,13-14,21-24,39H2,1-3H3,(H2,40,49)(H,41,50)(H,43,44,45,46);1H/t27?,30?,34-;/m0./s1. The molecular weight excluding hydrogens is 680 g/mol. The second-order valence-electron chi connectivity index (χ2n) is 13.2. The van der Waals surface area contributed by atoms with Crippen LogP contribution in [0.1, 0.15) is 67.7 Å². The number of anilines is 1. The average Bonchev–Trinajstić information content (AvgIpc) is 3.70. The lowest BCUT2D eigenvalue weighted by molar-refractivity contribution is -0.127. The Bertz CT molecular complexity index is 1740. The first kappa shape index (κ1) is 40.1. The second-order valence-corrected chi connectivity index (χ2v) is 13.2. The lowest BCUT2D eigenvalue weighted by Gasteiger charge is -2.35. The molecule has 278 valence electrons. The number of aryl methyl sites for hydroxylation is 1. The number of carbonyl (C=O) groups excluding carboxylic acids is 3. The number of primary amides is 1. The van der Waals surface area contributed by atoms with Gasteiger partial charge in [-0.3, -0.25) is 19.3 Å². The van der Waals surface area contributed by atoms with Crippen LogP contribution in [-0.4, -0.2) is 87.0 Å². The molecule has 1 atom stereocenters. The van der Waals surface area contributed by atoms with Crippen molar-refractivity contribution in [2.75, 3.05) is 37.6 Å². The van der Waals surface area contributed by atoms with Crippen LogP contribution < -0.4 is 21.7 Å². The van der Waals surface area contributed by atoms with E-state index in [0.29, 0.717) is 49.1 Å². The summed E-state index contributed by atoms with van der Waals surface area (Å²) in [5, 5.41) is 17.1. The van der Waals surface area contributed by atoms with Gasteiger partial charge in [-0.15, -0.1) is 22.6 Å². The highest BCUT2D eigenvalue weighted by molar-refractivity contribution is 6.02. The quantitative estimate of drug-likeness (QED) is 0.122. The van der Waals surface area contributed by atoms with Gasteiger partial charge in [0.05, 0.1) is 0 Å². The number of carbonyl (C=O) groups is 3. The minimum atomic E-state index is -0.917. The van der Waals surface area contributed by atoms with E-state index in [1.807, 2.05) is 37.3 Å². The molecule has 0 spiro atoms. The Balaban J connectivity index is 0.00000605. The van der Waals surface area contributed by atoms with E-state index in [9.17, 15) is 14.4 Å². The average molecular weight is 731 g/mol. The van der Waals surface area contributed by atoms with Gasteiger partial charge in [0.1, 0.15) is 11.7 Å². The molecule has 1 aliphatic rings. The minimum Gasteiger partial charge on any atom is -0.368 e. The molecule has 5 rings (SSSR count). The second kappa shape index (κ2) is 19.2. The molecule has 13 nitrogen and oxygen atoms in total. The van der Waals surface area contributed by atoms with E-state index in [1.165, 1.54) is 0 Å². The minimum absolute atomic E-state index is 0. The number of hydrogen-bond donors (Lipinski definition) is 4. The van der Waals surface area contributed by atoms with Gasteiger partial charge < -0.3 is 21.7 Å². The van der Waals surface area contributed by atoms with Crippen molar-refractivity contribution >= 4 is 35.8 Å². The third-order valence-corrected chi connectivity index (χ3v) is 10.00. The van der Waals surface area contributed by atoms with Gasteiger partial charge in [0.15, 0.2) is 0 Å². The van der Waals surface area contributed by atoms with Crippen molar-refractivity contribution in [3.8, 4) is 22.5 Å². The smallest absolute Gasteiger partial charge is 0.269 e. The topological polar surface area (TPSA) is 189 Å². The predicted molar refractivity (Wildman–Crippen MR) is 205 cm³/mol. The Hall–Kier alpha value is -4.72. The van der Waals surface area contributed by atoms with Gasteiger partial charge in [0.25, 0.3) is 5.91 Å². The van der Waals surface area contributed by atoms with Crippen LogP contribution in [0.3, 0.4) is 0 Å². The summed E-state index contributed by atoms with van der Waals surface area (Å²) >= 11 is 0. The van der Waals surface area contributed by atoms with Gasteiger partial charge >= 0.3 is 0 Å². The molecule has 0 bridgehead atoms. The maximum Gasteiger partial charge on any atom is 0.269 e. The zero-order valence-electron chi connectivity index (χ0n) is 30.3. The number of H-pyrrole nitrogens is 1. The molecule has 1 aliphatic carbocycles. The number of tetrazole rings is 1. The van der Waals surface area contributed by atoms with Crippen LogP contribution in [0, 0.1) is 18.8 Å². The molecule has 1 fully saturated rings. The molecule has 14 heteroatoms. The fourth-order valence-electron chi connectivity index (χ4n) is 6.85. The van der Waals surface area contributed by atoms with E-state index < -0.39 is 11.9 Å². The summed E-state index contributed by atoms with van der Waals surface area (Å²) in [4.78, 5) is 48.6. The first-order chi connectivity index (χ1) is 24.7. The van der Waals surface area contributed by atoms with Crippen molar-refractivity contribution in [3.63, 3.8) is 0 Å². The van der Waals surface area contributed by atoms with Gasteiger partial charge in [-0.05, 0) is 118 Å². The zero-order valence-corrected chi connectivity index (χ0v) is 31.1. The van der Waals surface area contributed by atoms with Crippen molar-refractivity contribution in [1.82, 2.24) is 35.8 Å². The lowest BCUT2D eigenvalue weighted by atomic mass is 9.81. The highest BCUT2D eigenvalue weighted by Gasteiger charge is 2.36. The molecule has 0 aliphatic heterocycles. The number of halogens is 1. The Kier molecular flexibility index (Phi) is 14.8. The molecule has 0 unspecified atom stereocenters. The van der Waals surface area contributed by atoms with Crippen molar-refractivity contribution in [3.05, 3.63) is 77.6 Å². The summed E-state index contributed by atoms with van der Waals surface area (Å²) in [5.74, 6) is -0.298. The van der Waals surface area contributed by atoms with Gasteiger partial charge in [-0.25, -0.2) is 4.98 Å². The monoisotopic (exact) mass is 730 g/mol. The summed E-state index contributed by atoms with van der Waals surface area (Å²) in [6, 6.07) is 17.7. The van der Waals surface area contributed by atoms with Crippen LogP contribution in [-0.2, 0) is 16.0 Å². The Labute approximate surface area is 311 Å². The van der Waals surface area contributed by atoms with E-state index in [-0.39, 0.29) is 36.6 Å². The first-order valence-electron chi connectivity index (χ1n) is 18.0. The van der Waals surface area contributed by atoms with Crippen molar-refractivity contribution in [1.29, 1.82) is 0 Å². The van der Waals surface area contributed by atoms with E-state index in [1.54, 1.807) is 35.2 Å². The number of nitrogens with zero attached hydrogens (tertiary/aromatic N) is 6. The lowest BCUT2D eigenvalue weighted by Crippen LogP contribution is -2.52. The maximum atomic E-state index is 14.2. The largest absolute Gasteiger partial charge is 0.368 e. The molecule has 2 aromatic heterocycles. The van der Waals surface area contributed by atoms with Gasteiger partial charge in [0.2, 0.25) is 17.6 Å². The molecule has 0 saturated heterocycles. The van der Waals surface area contributed by atoms with Gasteiger partial charge in [0, 0.05) is 41.4 Å². The molecule has 6 N–H and O–H groups in total. The highest BCUT2D eigenvalue weighted by Crippen LogP contribution is 2.33. The summed E-state index contributed by atoms with van der Waals surface area (Å²) < 4.78 is 0. The third-order valence-electron chi connectivity index (χ3n) is 10.00. The van der Waals surface area contributed by atoms with Crippen LogP contribution >= 0.6 is 12.4 Å². The van der Waals surface area contributed by atoms with Crippen LogP contribution in [0.25, 0.3) is 22.5 Å². The van der Waals surface area contributed by atoms with E-state index >= 15 is 0 Å². The van der Waals surface area contributed by atoms with E-state index in [0.717, 1.165) is 66.8 Å². The molecule has 3 amide bonds. The molecule has 52 heavy (non-hydrogen) atoms. The van der Waals surface area contributed by atoms with Crippen molar-refractivity contribution in [2.45, 2.75) is 65.3 Å². The summed E-state index contributed by atoms with van der Waals surface area (Å²) in [7, 11) is 0. The fourth-order valence-corrected chi connectivity index (χ4v) is 6.85. The van der Waals surface area contributed by atoms with Crippen LogP contribution in [0.2, 0.25) is 0 Å². The number of benzene rings is 2. The predicted octanol–water partition coefficient (Wildman–Crippen LogP) is 4.32. The Morgan fingerprint density at radius 3 is 2.19 bits per heavy atom. The molecule has 1 saturated carbocycles. The SMILES string of the molecule is CCN(CC)CCCNC(=O)c1ccc(-c2ccc(C[C@@H](C(N)=O)N(C(=O)C3CCC(CN)CC3)c3ccc(-c4nn[nH]n4)cc3)cc2)c(C)n1.Cl. The first-order valence-corrected chi connectivity index (χ1v) is 18.0. The van der Waals surface area contributed by atoms with Crippen molar-refractivity contribution in [2.24, 2.45) is 23.3 Å². The molecule has 2 aromatic carbocycles. The zero-order chi connectivity index (χ0) is 36.3. The number of pyridine rings is 1. The molecule has 4 aromatic rings. The number of amides is 3. The van der Waals surface area contributed by atoms with E-state index in [2.05, 4.69) is 49.7 Å². The summed E-state index contributed by atoms with van der Waals surface area (Å²) in [6.07, 6.45) is 4.28. The number of aromatic nitrogens is 5. The van der Waals surface area contributed by atoms with Crippen LogP contribution in [0.5, 0.6) is 0 Å². The van der Waals surface area contributed by atoms with Crippen LogP contribution in [0.15, 0.2) is 60.7 Å². The highest BCUT2D eigenvalue weighted by atomic mass is 35.5. The molecular formula is C38H51ClN10O3. The van der Waals surface area contributed by atoms with Gasteiger partial charge in [-0.1, -0.05) is 44.2 Å². The normalized spacial score (nSPS) is 16.2. The number of nitrogens with two attached hydrogens (primary N) is 2. The van der Waals surface area contributed by atoms with Gasteiger partial charge in [-0.2, -0.15) is 5.21 Å². The van der Waals surface area contributed by atoms with Crippen molar-refractivity contribution < 1.29 is 14.4 Å². The number of nitrogens with one attached hydrogen (secondary N) is 2. The molecule has 2 heterocycles.